The Bertz CT molecular complexity index is 3700. The number of benzene rings is 6. The average Bonchev–Trinajstić information content (AvgIpc) is 0.834. The summed E-state index contributed by atoms with van der Waals surface area (Å²) in [6, 6.07) is 33.8. The Hall–Kier alpha value is -6.26. The van der Waals surface area contributed by atoms with Gasteiger partial charge in [0.1, 0.15) is 11.6 Å². The number of nitrogens with zero attached hydrogens (tertiary/aromatic N) is 3. The average molecular weight is 812 g/mol. The number of pyridine rings is 1. The van der Waals surface area contributed by atoms with Crippen LogP contribution in [0.5, 0.6) is 5.75 Å². The molecule has 0 atom stereocenters. The summed E-state index contributed by atoms with van der Waals surface area (Å²) in [7, 11) is 0. The predicted octanol–water partition coefficient (Wildman–Crippen LogP) is 15.0. The first-order chi connectivity index (χ1) is 38.3. The molecule has 0 fully saturated rings. The summed E-state index contributed by atoms with van der Waals surface area (Å²) < 4.78 is 208. The molecule has 0 unspecified atom stereocenters. The Morgan fingerprint density at radius 3 is 2.02 bits per heavy atom. The van der Waals surface area contributed by atoms with Gasteiger partial charge in [0.15, 0.2) is 0 Å². The lowest BCUT2D eigenvalue weighted by molar-refractivity contribution is 0.446. The van der Waals surface area contributed by atoms with Gasteiger partial charge >= 0.3 is 0 Å². The minimum atomic E-state index is -4.23. The molecule has 0 aliphatic heterocycles. The van der Waals surface area contributed by atoms with E-state index in [1.807, 2.05) is 39.0 Å². The van der Waals surface area contributed by atoms with Gasteiger partial charge in [-0.25, -0.2) is 4.98 Å². The highest BCUT2D eigenvalue weighted by Crippen LogP contribution is 2.45. The molecule has 0 radical (unpaired) electrons. The summed E-state index contributed by atoms with van der Waals surface area (Å²) in [6.45, 7) is -24.3. The maximum atomic E-state index is 12.9. The molecule has 0 aliphatic carbocycles. The van der Waals surface area contributed by atoms with Crippen LogP contribution in [0.3, 0.4) is 0 Å². The van der Waals surface area contributed by atoms with Gasteiger partial charge in [-0.2, -0.15) is 0 Å². The zero-order valence-corrected chi connectivity index (χ0v) is 33.1. The maximum Gasteiger partial charge on any atom is 0.149 e. The molecule has 0 amide bonds. The van der Waals surface area contributed by atoms with Crippen LogP contribution in [-0.4, -0.2) is 19.6 Å². The van der Waals surface area contributed by atoms with Crippen molar-refractivity contribution in [3.05, 3.63) is 167 Å². The predicted molar refractivity (Wildman–Crippen MR) is 253 cm³/mol. The SMILES string of the molecule is [2H]C([2H])([2H])c1ccc(-c2ccnc(-c3cc(-c4cccc5c4nc(-c4cc(C(C([2H])([2H])[2H])(C([2H])([2H])[2H])C([2H])([2H])[2H])cc(C(C([2H])([2H])[2H])(C([2H])([2H])[2H])C([2H])([2H])[2H])c4O)n5-c4ccc(-c5ccccc5)c(C([2H])([2H])[2H])c4)cc(C(C)(C)C)c3)c2)cc1. The summed E-state index contributed by atoms with van der Waals surface area (Å²) >= 11 is 0. The standard InChI is InChI=1S/C56H57N3O/c1-35-20-22-37(23-21-35)39-26-27-57-49(32-39)41-29-40(30-42(31-41)54(3,4)5)46-18-15-19-50-51(46)58-53(47-33-43(55(6,7)8)34-48(52(47)60)56(9,10)11)59(50)44-24-25-45(36(2)28-44)38-16-13-12-14-17-38/h12-34,60H,1-11H3/i1D3,2D3,6D3,7D3,8D3,9D3,10D3,11D3. The lowest BCUT2D eigenvalue weighted by atomic mass is 9.79. The molecule has 4 heteroatoms. The number of hydrogen-bond acceptors (Lipinski definition) is 3. The molecule has 0 saturated carbocycles. The summed E-state index contributed by atoms with van der Waals surface area (Å²) in [4.78, 5) is 9.74. The number of aryl methyl sites for hydroxylation is 2. The molecule has 2 aromatic heterocycles. The number of phenols is 1. The van der Waals surface area contributed by atoms with Crippen LogP contribution >= 0.6 is 0 Å². The number of imidazole rings is 1. The van der Waals surface area contributed by atoms with Gasteiger partial charge in [-0.1, -0.05) is 152 Å². The Balaban J connectivity index is 1.57. The third-order valence-corrected chi connectivity index (χ3v) is 10.6. The van der Waals surface area contributed by atoms with Gasteiger partial charge in [0.25, 0.3) is 0 Å². The molecule has 6 aromatic carbocycles. The van der Waals surface area contributed by atoms with Crippen LogP contribution in [0.2, 0.25) is 0 Å². The molecular formula is C56H57N3O. The Morgan fingerprint density at radius 1 is 0.550 bits per heavy atom. The Kier molecular flexibility index (Phi) is 5.23. The molecule has 60 heavy (non-hydrogen) atoms. The number of para-hydroxylation sites is 1. The highest BCUT2D eigenvalue weighted by Gasteiger charge is 2.29. The number of hydrogen-bond donors (Lipinski definition) is 1. The van der Waals surface area contributed by atoms with Crippen molar-refractivity contribution < 1.29 is 38.0 Å². The largest absolute Gasteiger partial charge is 0.507 e. The van der Waals surface area contributed by atoms with Crippen LogP contribution in [0.15, 0.2) is 140 Å². The van der Waals surface area contributed by atoms with E-state index in [4.69, 9.17) is 42.9 Å². The summed E-state index contributed by atoms with van der Waals surface area (Å²) in [5.41, 5.74) is -8.09. The van der Waals surface area contributed by atoms with Crippen LogP contribution in [-0.2, 0) is 16.2 Å². The van der Waals surface area contributed by atoms with Gasteiger partial charge in [0, 0.05) is 61.5 Å². The van der Waals surface area contributed by atoms with Crippen LogP contribution in [0, 0.1) is 13.7 Å². The van der Waals surface area contributed by atoms with E-state index < -0.39 is 99.3 Å². The van der Waals surface area contributed by atoms with E-state index in [9.17, 15) is 5.11 Å². The van der Waals surface area contributed by atoms with E-state index in [0.29, 0.717) is 45.1 Å². The Morgan fingerprint density at radius 2 is 1.30 bits per heavy atom. The molecule has 1 N–H and O–H groups in total. The van der Waals surface area contributed by atoms with Gasteiger partial charge in [-0.15, -0.1) is 0 Å². The monoisotopic (exact) mass is 812 g/mol. The van der Waals surface area contributed by atoms with Gasteiger partial charge in [0.2, 0.25) is 0 Å². The molecular weight excluding hydrogens is 731 g/mol. The first-order valence-corrected chi connectivity index (χ1v) is 19.1. The van der Waals surface area contributed by atoms with Crippen molar-refractivity contribution in [2.75, 3.05) is 0 Å². The lowest BCUT2D eigenvalue weighted by Gasteiger charge is -2.27. The second kappa shape index (κ2) is 15.1. The fraction of sp³-hybridized carbons (Fsp3) is 0.250. The van der Waals surface area contributed by atoms with Gasteiger partial charge < -0.3 is 5.11 Å². The summed E-state index contributed by atoms with van der Waals surface area (Å²) in [6.07, 6.45) is 1.59. The van der Waals surface area contributed by atoms with Crippen molar-refractivity contribution in [2.45, 2.75) is 91.8 Å². The van der Waals surface area contributed by atoms with Crippen LogP contribution in [0.25, 0.3) is 72.7 Å². The molecule has 0 bridgehead atoms. The van der Waals surface area contributed by atoms with E-state index in [1.165, 1.54) is 41.0 Å². The fourth-order valence-electron chi connectivity index (χ4n) is 7.42. The smallest absolute Gasteiger partial charge is 0.149 e. The molecule has 2 heterocycles. The Labute approximate surface area is 390 Å². The third-order valence-electron chi connectivity index (χ3n) is 10.6. The molecule has 4 nitrogen and oxygen atoms in total. The fourth-order valence-corrected chi connectivity index (χ4v) is 7.42. The number of rotatable bonds is 6. The van der Waals surface area contributed by atoms with Gasteiger partial charge in [0.05, 0.1) is 22.3 Å². The maximum absolute atomic E-state index is 12.9. The van der Waals surface area contributed by atoms with E-state index in [2.05, 4.69) is 0 Å². The zero-order valence-electron chi connectivity index (χ0n) is 57.1. The number of aromatic nitrogens is 3. The van der Waals surface area contributed by atoms with Crippen molar-refractivity contribution in [3.8, 4) is 67.5 Å². The van der Waals surface area contributed by atoms with Crippen molar-refractivity contribution in [1.29, 1.82) is 0 Å². The zero-order chi connectivity index (χ0) is 62.7. The molecule has 8 rings (SSSR count). The van der Waals surface area contributed by atoms with E-state index in [-0.39, 0.29) is 39.5 Å². The van der Waals surface area contributed by atoms with E-state index >= 15 is 0 Å². The second-order valence-corrected chi connectivity index (χ2v) is 16.0. The number of phenolic OH excluding ortho intramolecular Hbond substituents is 1. The van der Waals surface area contributed by atoms with Crippen LogP contribution < -0.4 is 0 Å². The molecule has 302 valence electrons. The lowest BCUT2D eigenvalue weighted by Crippen LogP contribution is -2.17. The normalized spacial score (nSPS) is 19.9. The topological polar surface area (TPSA) is 50.9 Å². The number of fused-ring (bicyclic) bond motifs is 1. The van der Waals surface area contributed by atoms with Crippen molar-refractivity contribution in [1.82, 2.24) is 14.5 Å². The van der Waals surface area contributed by atoms with E-state index in [0.717, 1.165) is 5.56 Å². The molecule has 8 aromatic rings. The van der Waals surface area contributed by atoms with Crippen molar-refractivity contribution in [3.63, 3.8) is 0 Å². The quantitative estimate of drug-likeness (QED) is 0.182. The third kappa shape index (κ3) is 7.79. The minimum absolute atomic E-state index is 0.0111. The summed E-state index contributed by atoms with van der Waals surface area (Å²) in [5, 5.41) is 12.9. The van der Waals surface area contributed by atoms with Gasteiger partial charge in [-0.05, 0) is 123 Å². The molecule has 0 aliphatic rings. The molecule has 0 saturated heterocycles. The number of aromatic hydroxyl groups is 1. The minimum Gasteiger partial charge on any atom is -0.507 e. The van der Waals surface area contributed by atoms with Crippen molar-refractivity contribution >= 4 is 11.0 Å². The van der Waals surface area contributed by atoms with E-state index in [1.54, 1.807) is 72.9 Å². The first-order valence-electron chi connectivity index (χ1n) is 31.1. The highest BCUT2D eigenvalue weighted by atomic mass is 16.3. The van der Waals surface area contributed by atoms with Crippen LogP contribution in [0.4, 0.5) is 0 Å². The first kappa shape index (κ1) is 20.8. The second-order valence-electron chi connectivity index (χ2n) is 16.0. The van der Waals surface area contributed by atoms with Gasteiger partial charge in [-0.3, -0.25) is 9.55 Å². The summed E-state index contributed by atoms with van der Waals surface area (Å²) in [5.74, 6) is -2.09. The van der Waals surface area contributed by atoms with Crippen LogP contribution in [0.1, 0.15) is 123 Å². The highest BCUT2D eigenvalue weighted by molar-refractivity contribution is 5.97. The molecule has 0 spiro atoms. The van der Waals surface area contributed by atoms with Crippen molar-refractivity contribution in [2.24, 2.45) is 0 Å².